The molecule has 0 saturated carbocycles. The predicted molar refractivity (Wildman–Crippen MR) is 76.7 cm³/mol. The first kappa shape index (κ1) is 14.1. The molecule has 3 nitrogen and oxygen atoms in total. The summed E-state index contributed by atoms with van der Waals surface area (Å²) >= 11 is 0. The number of hydrogen-bond acceptors (Lipinski definition) is 1. The van der Waals surface area contributed by atoms with Gasteiger partial charge in [0.2, 0.25) is 0 Å². The monoisotopic (exact) mass is 272 g/mol. The number of amides is 2. The van der Waals surface area contributed by atoms with Crippen LogP contribution in [0, 0.1) is 12.7 Å². The molecule has 0 unspecified atom stereocenters. The summed E-state index contributed by atoms with van der Waals surface area (Å²) in [5, 5.41) is 5.46. The van der Waals surface area contributed by atoms with Crippen LogP contribution in [0.1, 0.15) is 16.7 Å². The van der Waals surface area contributed by atoms with Gasteiger partial charge >= 0.3 is 6.03 Å². The predicted octanol–water partition coefficient (Wildman–Crippen LogP) is 3.13. The Hall–Kier alpha value is -2.36. The average Bonchev–Trinajstić information content (AvgIpc) is 2.43. The fraction of sp³-hybridized carbons (Fsp3) is 0.188. The number of halogens is 1. The van der Waals surface area contributed by atoms with Crippen LogP contribution >= 0.6 is 0 Å². The number of aryl methyl sites for hydroxylation is 1. The smallest absolute Gasteiger partial charge is 0.315 e. The molecule has 0 aliphatic heterocycles. The van der Waals surface area contributed by atoms with Gasteiger partial charge in [-0.3, -0.25) is 0 Å². The van der Waals surface area contributed by atoms with Gasteiger partial charge in [0, 0.05) is 13.1 Å². The van der Waals surface area contributed by atoms with Gasteiger partial charge in [-0.05, 0) is 30.2 Å². The van der Waals surface area contributed by atoms with E-state index in [1.54, 1.807) is 12.1 Å². The maximum atomic E-state index is 13.0. The van der Waals surface area contributed by atoms with Crippen LogP contribution in [-0.2, 0) is 13.1 Å². The Kier molecular flexibility index (Phi) is 4.71. The maximum absolute atomic E-state index is 13.0. The summed E-state index contributed by atoms with van der Waals surface area (Å²) in [6.45, 7) is 2.78. The minimum absolute atomic E-state index is 0.268. The zero-order valence-corrected chi connectivity index (χ0v) is 11.3. The SMILES string of the molecule is Cc1cccc(CNC(=O)NCc2cccc(F)c2)c1. The number of carbonyl (C=O) groups is 1. The zero-order valence-electron chi connectivity index (χ0n) is 11.3. The topological polar surface area (TPSA) is 41.1 Å². The lowest BCUT2D eigenvalue weighted by molar-refractivity contribution is 0.240. The molecule has 2 N–H and O–H groups in total. The summed E-state index contributed by atoms with van der Waals surface area (Å²) in [5.74, 6) is -0.301. The molecule has 20 heavy (non-hydrogen) atoms. The molecule has 0 aliphatic rings. The summed E-state index contributed by atoms with van der Waals surface area (Å²) in [6, 6.07) is 13.8. The van der Waals surface area contributed by atoms with Crippen molar-refractivity contribution in [3.63, 3.8) is 0 Å². The van der Waals surface area contributed by atoms with Crippen LogP contribution < -0.4 is 10.6 Å². The summed E-state index contributed by atoms with van der Waals surface area (Å²) in [4.78, 5) is 11.6. The van der Waals surface area contributed by atoms with Crippen molar-refractivity contribution >= 4 is 6.03 Å². The lowest BCUT2D eigenvalue weighted by atomic mass is 10.1. The van der Waals surface area contributed by atoms with Crippen molar-refractivity contribution in [2.75, 3.05) is 0 Å². The molecule has 0 bridgehead atoms. The van der Waals surface area contributed by atoms with E-state index in [0.717, 1.165) is 16.7 Å². The summed E-state index contributed by atoms with van der Waals surface area (Å²) < 4.78 is 13.0. The first-order valence-electron chi connectivity index (χ1n) is 6.45. The molecule has 2 rings (SSSR count). The third-order valence-electron chi connectivity index (χ3n) is 2.88. The molecule has 0 radical (unpaired) electrons. The molecule has 0 aromatic heterocycles. The molecule has 0 aliphatic carbocycles. The Morgan fingerprint density at radius 3 is 2.20 bits per heavy atom. The van der Waals surface area contributed by atoms with Crippen molar-refractivity contribution in [1.29, 1.82) is 0 Å². The molecular weight excluding hydrogens is 255 g/mol. The molecule has 104 valence electrons. The van der Waals surface area contributed by atoms with Crippen LogP contribution in [0.3, 0.4) is 0 Å². The second kappa shape index (κ2) is 6.70. The van der Waals surface area contributed by atoms with Crippen LogP contribution in [0.2, 0.25) is 0 Å². The van der Waals surface area contributed by atoms with Gasteiger partial charge in [-0.25, -0.2) is 9.18 Å². The van der Waals surface area contributed by atoms with Gasteiger partial charge in [0.25, 0.3) is 0 Å². The second-order valence-corrected chi connectivity index (χ2v) is 4.66. The largest absolute Gasteiger partial charge is 0.334 e. The summed E-state index contributed by atoms with van der Waals surface area (Å²) in [6.07, 6.45) is 0. The van der Waals surface area contributed by atoms with Crippen LogP contribution in [-0.4, -0.2) is 6.03 Å². The van der Waals surface area contributed by atoms with E-state index in [9.17, 15) is 9.18 Å². The van der Waals surface area contributed by atoms with Crippen molar-refractivity contribution < 1.29 is 9.18 Å². The van der Waals surface area contributed by atoms with E-state index in [2.05, 4.69) is 10.6 Å². The quantitative estimate of drug-likeness (QED) is 0.882. The minimum Gasteiger partial charge on any atom is -0.334 e. The molecule has 2 amide bonds. The van der Waals surface area contributed by atoms with E-state index in [1.807, 2.05) is 31.2 Å². The van der Waals surface area contributed by atoms with E-state index in [0.29, 0.717) is 13.1 Å². The van der Waals surface area contributed by atoms with Crippen molar-refractivity contribution in [3.8, 4) is 0 Å². The van der Waals surface area contributed by atoms with Gasteiger partial charge in [0.05, 0.1) is 0 Å². The van der Waals surface area contributed by atoms with E-state index in [-0.39, 0.29) is 11.8 Å². The fourth-order valence-corrected chi connectivity index (χ4v) is 1.90. The number of carbonyl (C=O) groups excluding carboxylic acids is 1. The molecule has 0 fully saturated rings. The summed E-state index contributed by atoms with van der Waals surface area (Å²) in [5.41, 5.74) is 2.94. The van der Waals surface area contributed by atoms with E-state index >= 15 is 0 Å². The normalized spacial score (nSPS) is 10.1. The van der Waals surface area contributed by atoms with Crippen LogP contribution in [0.25, 0.3) is 0 Å². The molecular formula is C16H17FN2O. The van der Waals surface area contributed by atoms with Crippen LogP contribution in [0.5, 0.6) is 0 Å². The fourth-order valence-electron chi connectivity index (χ4n) is 1.90. The Morgan fingerprint density at radius 2 is 1.60 bits per heavy atom. The molecule has 0 saturated heterocycles. The van der Waals surface area contributed by atoms with Crippen molar-refractivity contribution in [1.82, 2.24) is 10.6 Å². The molecule has 4 heteroatoms. The molecule has 2 aromatic carbocycles. The Balaban J connectivity index is 1.78. The standard InChI is InChI=1S/C16H17FN2O/c1-12-4-2-5-13(8-12)10-18-16(20)19-11-14-6-3-7-15(17)9-14/h2-9H,10-11H2,1H3,(H2,18,19,20). The maximum Gasteiger partial charge on any atom is 0.315 e. The van der Waals surface area contributed by atoms with E-state index < -0.39 is 0 Å². The van der Waals surface area contributed by atoms with Crippen molar-refractivity contribution in [2.45, 2.75) is 20.0 Å². The van der Waals surface area contributed by atoms with Gasteiger partial charge in [0.1, 0.15) is 5.82 Å². The van der Waals surface area contributed by atoms with Crippen LogP contribution in [0.15, 0.2) is 48.5 Å². The summed E-state index contributed by atoms with van der Waals surface area (Å²) in [7, 11) is 0. The first-order valence-corrected chi connectivity index (χ1v) is 6.45. The van der Waals surface area contributed by atoms with Crippen molar-refractivity contribution in [3.05, 3.63) is 71.0 Å². The zero-order chi connectivity index (χ0) is 14.4. The average molecular weight is 272 g/mol. The van der Waals surface area contributed by atoms with E-state index in [1.165, 1.54) is 12.1 Å². The van der Waals surface area contributed by atoms with Gasteiger partial charge < -0.3 is 10.6 Å². The highest BCUT2D eigenvalue weighted by Crippen LogP contribution is 2.04. The first-order chi connectivity index (χ1) is 9.63. The number of urea groups is 1. The van der Waals surface area contributed by atoms with E-state index in [4.69, 9.17) is 0 Å². The number of benzene rings is 2. The lowest BCUT2D eigenvalue weighted by Crippen LogP contribution is -2.34. The van der Waals surface area contributed by atoms with Gasteiger partial charge in [-0.2, -0.15) is 0 Å². The highest BCUT2D eigenvalue weighted by Gasteiger charge is 2.01. The lowest BCUT2D eigenvalue weighted by Gasteiger charge is -2.08. The Labute approximate surface area is 117 Å². The van der Waals surface area contributed by atoms with Gasteiger partial charge in [-0.1, -0.05) is 42.0 Å². The highest BCUT2D eigenvalue weighted by atomic mass is 19.1. The third kappa shape index (κ3) is 4.39. The Bertz CT molecular complexity index is 547. The highest BCUT2D eigenvalue weighted by molar-refractivity contribution is 5.73. The number of nitrogens with one attached hydrogen (secondary N) is 2. The molecule has 0 atom stereocenters. The minimum atomic E-state index is -0.301. The second-order valence-electron chi connectivity index (χ2n) is 4.66. The van der Waals surface area contributed by atoms with Gasteiger partial charge in [-0.15, -0.1) is 0 Å². The molecule has 0 spiro atoms. The Morgan fingerprint density at radius 1 is 1.00 bits per heavy atom. The third-order valence-corrected chi connectivity index (χ3v) is 2.88. The number of hydrogen-bond donors (Lipinski definition) is 2. The number of rotatable bonds is 4. The molecule has 2 aromatic rings. The molecule has 0 heterocycles. The van der Waals surface area contributed by atoms with Crippen molar-refractivity contribution in [2.24, 2.45) is 0 Å². The van der Waals surface area contributed by atoms with Crippen LogP contribution in [0.4, 0.5) is 9.18 Å². The van der Waals surface area contributed by atoms with Gasteiger partial charge in [0.15, 0.2) is 0 Å².